The van der Waals surface area contributed by atoms with Gasteiger partial charge in [0.05, 0.1) is 26.4 Å². The van der Waals surface area contributed by atoms with Crippen LogP contribution in [0.1, 0.15) is 496 Å². The van der Waals surface area contributed by atoms with Gasteiger partial charge in [-0.15, -0.1) is 0 Å². The average Bonchev–Trinajstić information content (AvgIpc) is 0.891. The highest BCUT2D eigenvalue weighted by atomic mass is 31.2. The van der Waals surface area contributed by atoms with Gasteiger partial charge in [0.1, 0.15) is 25.4 Å². The summed E-state index contributed by atoms with van der Waals surface area (Å²) in [6.45, 7) is 2.53. The van der Waals surface area contributed by atoms with Gasteiger partial charge in [0.25, 0.3) is 0 Å². The molecule has 0 aromatic heterocycles. The van der Waals surface area contributed by atoms with Crippen LogP contribution in [-0.4, -0.2) is 95.9 Å². The van der Waals surface area contributed by atoms with Crippen LogP contribution in [0.25, 0.3) is 0 Å². The van der Waals surface area contributed by atoms with Crippen LogP contribution in [0.2, 0.25) is 0 Å². The molecule has 0 heterocycles. The fraction of sp³-hybridized carbons (Fsp3) is 0.735. The molecule has 0 spiro atoms. The zero-order valence-electron chi connectivity index (χ0n) is 86.5. The Bertz CT molecular complexity index is 3140. The Morgan fingerprint density at radius 2 is 0.393 bits per heavy atom. The highest BCUT2D eigenvalue weighted by molar-refractivity contribution is 7.47. The molecule has 0 amide bonds. The van der Waals surface area contributed by atoms with Crippen molar-refractivity contribution < 1.29 is 75.8 Å². The maximum atomic E-state index is 13.2. The molecule has 4 N–H and O–H groups in total. The lowest BCUT2D eigenvalue weighted by molar-refractivity contribution is -0.161. The summed E-state index contributed by atoms with van der Waals surface area (Å²) in [7, 11) is -9.82. The first-order valence-corrected chi connectivity index (χ1v) is 58.4. The van der Waals surface area contributed by atoms with Gasteiger partial charge >= 0.3 is 33.6 Å². The van der Waals surface area contributed by atoms with Crippen LogP contribution in [-0.2, 0) is 55.8 Å². The van der Waals surface area contributed by atoms with Gasteiger partial charge in [0.15, 0.2) is 6.10 Å². The highest BCUT2D eigenvalue weighted by Gasteiger charge is 2.30. The number of allylic oxidation sites excluding steroid dienone is 28. The molecule has 0 fully saturated rings. The molecule has 0 aliphatic carbocycles. The van der Waals surface area contributed by atoms with Gasteiger partial charge in [-0.25, -0.2) is 9.13 Å². The summed E-state index contributed by atoms with van der Waals surface area (Å²) in [5.74, 6) is -1.55. The van der Waals surface area contributed by atoms with E-state index in [0.717, 1.165) is 148 Å². The van der Waals surface area contributed by atoms with Gasteiger partial charge in [-0.3, -0.25) is 32.5 Å². The molecule has 0 saturated carbocycles. The van der Waals surface area contributed by atoms with Crippen molar-refractivity contribution in [3.63, 3.8) is 0 Å². The zero-order valence-corrected chi connectivity index (χ0v) is 88.3. The van der Waals surface area contributed by atoms with E-state index < -0.39 is 91.5 Å². The molecule has 16 nitrogen and oxygen atoms in total. The van der Waals surface area contributed by atoms with Crippen molar-refractivity contribution in [3.05, 3.63) is 170 Å². The van der Waals surface area contributed by atoms with E-state index in [1.54, 1.807) is 0 Å². The van der Waals surface area contributed by atoms with Crippen molar-refractivity contribution >= 4 is 33.6 Å². The van der Waals surface area contributed by atoms with Crippen molar-refractivity contribution in [1.82, 2.24) is 0 Å². The average molecular weight is 1930 g/mol. The summed E-state index contributed by atoms with van der Waals surface area (Å²) in [5, 5.41) is 20.8. The minimum absolute atomic E-state index is 0.105. The van der Waals surface area contributed by atoms with Crippen LogP contribution in [0.4, 0.5) is 0 Å². The number of hydrogen-bond donors (Lipinski definition) is 4. The van der Waals surface area contributed by atoms with Gasteiger partial charge in [-0.2, -0.15) is 0 Å². The number of carbonyl (C=O) groups is 3. The Balaban J connectivity index is 4.60. The first-order valence-electron chi connectivity index (χ1n) is 55.4. The molecule has 5 atom stereocenters. The topological polar surface area (TPSA) is 231 Å². The summed E-state index contributed by atoms with van der Waals surface area (Å²) in [5.41, 5.74) is 0. The second kappa shape index (κ2) is 108. The minimum atomic E-state index is -4.95. The number of phosphoric acid groups is 2. The van der Waals surface area contributed by atoms with Crippen LogP contribution in [0.15, 0.2) is 170 Å². The fourth-order valence-corrected chi connectivity index (χ4v) is 17.2. The van der Waals surface area contributed by atoms with E-state index in [9.17, 15) is 43.5 Å². The third kappa shape index (κ3) is 109. The standard InChI is InChI=1S/C117H204O16P2/c1-4-7-10-13-16-19-22-25-28-31-34-37-40-43-46-49-52-55-58-61-64-67-70-73-76-79-82-85-88-91-94-97-100-103-115(120)127-106-112(118)107-129-134(123,124)130-108-113(119)109-131-135(125,126)132-111-114(133-117(122)105-102-99-96-93-90-87-84-81-78-75-72-69-66-63-60-57-54-51-48-45-42-39-36-33-30-27-24-21-18-15-12-9-6-3)110-128-116(121)104-101-98-95-92-89-86-83-80-77-74-71-68-65-62-59-56-53-50-47-44-41-38-35-32-29-26-23-20-17-14-11-8-5-2/h7-8,10-11,16-21,25-30,34-39,43-48,112-114,118-119H,4-6,9,12-15,22-24,31-33,40-42,49-111H2,1-3H3,(H,123,124)(H,125,126)/b10-7-,11-8-,19-16-,20-17-,21-18-,28-25-,29-26-,30-27-,37-34-,38-35-,39-36-,46-43-,47-44-,48-45-. The molecule has 778 valence electrons. The lowest BCUT2D eigenvalue weighted by atomic mass is 10.0. The van der Waals surface area contributed by atoms with Gasteiger partial charge in [0.2, 0.25) is 0 Å². The molecule has 0 rings (SSSR count). The number of aliphatic hydroxyl groups excluding tert-OH is 2. The van der Waals surface area contributed by atoms with E-state index in [1.807, 2.05) is 0 Å². The van der Waals surface area contributed by atoms with Crippen LogP contribution >= 0.6 is 15.6 Å². The zero-order chi connectivity index (χ0) is 97.8. The van der Waals surface area contributed by atoms with E-state index in [0.29, 0.717) is 19.3 Å². The maximum absolute atomic E-state index is 13.2. The molecule has 18 heteroatoms. The number of rotatable bonds is 105. The second-order valence-electron chi connectivity index (χ2n) is 37.1. The Morgan fingerprint density at radius 3 is 0.622 bits per heavy atom. The summed E-state index contributed by atoms with van der Waals surface area (Å²) in [4.78, 5) is 59.4. The third-order valence-electron chi connectivity index (χ3n) is 23.9. The molecular formula is C117H204O16P2. The predicted molar refractivity (Wildman–Crippen MR) is 574 cm³/mol. The largest absolute Gasteiger partial charge is 0.472 e. The molecule has 135 heavy (non-hydrogen) atoms. The van der Waals surface area contributed by atoms with Crippen LogP contribution in [0.3, 0.4) is 0 Å². The Labute approximate surface area is 828 Å². The van der Waals surface area contributed by atoms with E-state index in [-0.39, 0.29) is 19.3 Å². The van der Waals surface area contributed by atoms with E-state index in [2.05, 4.69) is 191 Å². The molecule has 0 bridgehead atoms. The van der Waals surface area contributed by atoms with Crippen molar-refractivity contribution in [2.24, 2.45) is 0 Å². The molecule has 0 aliphatic heterocycles. The highest BCUT2D eigenvalue weighted by Crippen LogP contribution is 2.45. The first-order chi connectivity index (χ1) is 66.2. The SMILES string of the molecule is CC/C=C\C/C=C\C/C=C\C/C=C\C/C=C\CCCCCCCCCCCCCCCCCCCC(=O)OCC(O)COP(=O)(O)OCC(O)COP(=O)(O)OCC(COC(=O)CCCCCCCCCCCCCCCCCCC/C=C\C/C=C\C/C=C\C/C=C\C/C=C\CC)OC(=O)CCCCCCCCCCCCCCCCCCC/C=C\C/C=C\C/C=C\C/C=C\CCCCC. The third-order valence-corrected chi connectivity index (χ3v) is 25.8. The van der Waals surface area contributed by atoms with Gasteiger partial charge < -0.3 is 34.2 Å². The number of unbranched alkanes of at least 4 members (excludes halogenated alkanes) is 54. The van der Waals surface area contributed by atoms with E-state index in [1.165, 1.54) is 289 Å². The Kier molecular flexibility index (Phi) is 104. The number of hydrogen-bond acceptors (Lipinski definition) is 14. The minimum Gasteiger partial charge on any atom is -0.463 e. The number of ether oxygens (including phenoxy) is 3. The van der Waals surface area contributed by atoms with Gasteiger partial charge in [-0.1, -0.05) is 493 Å². The Morgan fingerprint density at radius 1 is 0.215 bits per heavy atom. The summed E-state index contributed by atoms with van der Waals surface area (Å²) < 4.78 is 61.9. The second-order valence-corrected chi connectivity index (χ2v) is 40.0. The maximum Gasteiger partial charge on any atom is 0.472 e. The van der Waals surface area contributed by atoms with Crippen molar-refractivity contribution in [1.29, 1.82) is 0 Å². The molecule has 0 aromatic rings. The van der Waals surface area contributed by atoms with Crippen molar-refractivity contribution in [3.8, 4) is 0 Å². The summed E-state index contributed by atoms with van der Waals surface area (Å²) in [6, 6.07) is 0. The number of aliphatic hydroxyl groups is 2. The Hall–Kier alpha value is -5.09. The molecular weight excluding hydrogens is 1720 g/mol. The summed E-state index contributed by atoms with van der Waals surface area (Å²) in [6.07, 6.45) is 143. The number of phosphoric ester groups is 2. The smallest absolute Gasteiger partial charge is 0.463 e. The molecule has 0 aliphatic rings. The lowest BCUT2D eigenvalue weighted by Gasteiger charge is -2.21. The van der Waals surface area contributed by atoms with E-state index >= 15 is 0 Å². The summed E-state index contributed by atoms with van der Waals surface area (Å²) >= 11 is 0. The first kappa shape index (κ1) is 130. The van der Waals surface area contributed by atoms with Crippen LogP contribution in [0.5, 0.6) is 0 Å². The van der Waals surface area contributed by atoms with Gasteiger partial charge in [0, 0.05) is 19.3 Å². The van der Waals surface area contributed by atoms with Crippen LogP contribution < -0.4 is 0 Å². The molecule has 5 unspecified atom stereocenters. The quantitative estimate of drug-likeness (QED) is 0.0146. The number of esters is 3. The molecule has 0 aromatic carbocycles. The van der Waals surface area contributed by atoms with Gasteiger partial charge in [-0.05, 0) is 154 Å². The fourth-order valence-electron chi connectivity index (χ4n) is 15.6. The molecule has 0 saturated heterocycles. The lowest BCUT2D eigenvalue weighted by Crippen LogP contribution is -2.30. The van der Waals surface area contributed by atoms with Crippen molar-refractivity contribution in [2.45, 2.75) is 514 Å². The van der Waals surface area contributed by atoms with E-state index in [4.69, 9.17) is 32.3 Å². The molecule has 0 radical (unpaired) electrons. The number of carbonyl (C=O) groups excluding carboxylic acids is 3. The monoisotopic (exact) mass is 1930 g/mol. The predicted octanol–water partition coefficient (Wildman–Crippen LogP) is 35.7. The normalized spacial score (nSPS) is 14.2. The van der Waals surface area contributed by atoms with Crippen LogP contribution in [0, 0.1) is 0 Å². The van der Waals surface area contributed by atoms with Crippen molar-refractivity contribution in [2.75, 3.05) is 39.6 Å².